The van der Waals surface area contributed by atoms with E-state index >= 15 is 0 Å². The molecule has 0 bridgehead atoms. The molecule has 0 atom stereocenters. The Morgan fingerprint density at radius 3 is 2.60 bits per heavy atom. The molecule has 0 aliphatic heterocycles. The first-order valence-electron chi connectivity index (χ1n) is 3.49. The van der Waals surface area contributed by atoms with Gasteiger partial charge in [0.15, 0.2) is 0 Å². The van der Waals surface area contributed by atoms with Crippen LogP contribution in [0, 0.1) is 5.92 Å². The van der Waals surface area contributed by atoms with Gasteiger partial charge in [0.2, 0.25) is 0 Å². The van der Waals surface area contributed by atoms with E-state index in [4.69, 9.17) is 0 Å². The second-order valence-electron chi connectivity index (χ2n) is 2.60. The van der Waals surface area contributed by atoms with Crippen LogP contribution in [0.2, 0.25) is 0 Å². The van der Waals surface area contributed by atoms with Gasteiger partial charge >= 0.3 is 0 Å². The molecular weight excluding hydrogens is 120 g/mol. The molecule has 1 radical (unpaired) electrons. The number of benzene rings is 1. The van der Waals surface area contributed by atoms with E-state index in [0.29, 0.717) is 0 Å². The van der Waals surface area contributed by atoms with Gasteiger partial charge in [0, 0.05) is 5.92 Å². The smallest absolute Gasteiger partial charge is 0.0242 e. The fourth-order valence-corrected chi connectivity index (χ4v) is 1.31. The number of hydrogen-bond acceptors (Lipinski definition) is 0. The molecule has 49 valence electrons. The molecule has 0 fully saturated rings. The number of allylic oxidation sites excluding steroid dienone is 1. The lowest BCUT2D eigenvalue weighted by Crippen LogP contribution is -1.85. The maximum absolute atomic E-state index is 2.16. The number of hydrogen-bond donors (Lipinski definition) is 0. The van der Waals surface area contributed by atoms with Crippen LogP contribution in [0.15, 0.2) is 30.3 Å². The molecule has 0 unspecified atom stereocenters. The Balaban J connectivity index is 2.59. The normalized spacial score (nSPS) is 15.7. The van der Waals surface area contributed by atoms with Crippen molar-refractivity contribution in [2.24, 2.45) is 0 Å². The van der Waals surface area contributed by atoms with E-state index in [2.05, 4.69) is 43.3 Å². The highest BCUT2D eigenvalue weighted by atomic mass is 14.1. The Kier molecular flexibility index (Phi) is 1.13. The Morgan fingerprint density at radius 2 is 1.80 bits per heavy atom. The zero-order valence-corrected chi connectivity index (χ0v) is 5.96. The van der Waals surface area contributed by atoms with Gasteiger partial charge in [-0.05, 0) is 11.1 Å². The van der Waals surface area contributed by atoms with E-state index in [-0.39, 0.29) is 0 Å². The summed E-state index contributed by atoms with van der Waals surface area (Å²) in [6.45, 7) is 2.14. The molecule has 1 aromatic rings. The molecule has 2 rings (SSSR count). The average Bonchev–Trinajstić information content (AvgIpc) is 2.34. The molecule has 10 heavy (non-hydrogen) atoms. The van der Waals surface area contributed by atoms with E-state index in [1.165, 1.54) is 17.0 Å². The fraction of sp³-hybridized carbons (Fsp3) is 0.100. The van der Waals surface area contributed by atoms with Crippen LogP contribution in [0.25, 0.3) is 6.08 Å². The molecular formula is C10H9. The van der Waals surface area contributed by atoms with Gasteiger partial charge in [0.25, 0.3) is 0 Å². The Labute approximate surface area is 61.2 Å². The number of rotatable bonds is 0. The Hall–Kier alpha value is -1.04. The SMILES string of the molecule is C[C]1C=Cc2ccccc21. The van der Waals surface area contributed by atoms with Crippen LogP contribution in [-0.4, -0.2) is 0 Å². The Bertz CT molecular complexity index is 271. The maximum Gasteiger partial charge on any atom is 0.0242 e. The van der Waals surface area contributed by atoms with E-state index < -0.39 is 0 Å². The first-order chi connectivity index (χ1) is 4.88. The maximum atomic E-state index is 2.16. The Morgan fingerprint density at radius 1 is 1.00 bits per heavy atom. The summed E-state index contributed by atoms with van der Waals surface area (Å²) in [6, 6.07) is 8.45. The van der Waals surface area contributed by atoms with Crippen LogP contribution in [-0.2, 0) is 0 Å². The van der Waals surface area contributed by atoms with Gasteiger partial charge in [0.05, 0.1) is 0 Å². The number of fused-ring (bicyclic) bond motifs is 1. The van der Waals surface area contributed by atoms with Crippen molar-refractivity contribution >= 4 is 6.08 Å². The highest BCUT2D eigenvalue weighted by Crippen LogP contribution is 2.27. The van der Waals surface area contributed by atoms with E-state index in [1.54, 1.807) is 0 Å². The molecule has 1 aliphatic carbocycles. The summed E-state index contributed by atoms with van der Waals surface area (Å²) >= 11 is 0. The van der Waals surface area contributed by atoms with Gasteiger partial charge in [-0.15, -0.1) is 0 Å². The summed E-state index contributed by atoms with van der Waals surface area (Å²) in [6.07, 6.45) is 4.31. The van der Waals surface area contributed by atoms with Crippen LogP contribution in [0.4, 0.5) is 0 Å². The van der Waals surface area contributed by atoms with Crippen molar-refractivity contribution in [1.82, 2.24) is 0 Å². The highest BCUT2D eigenvalue weighted by Gasteiger charge is 2.10. The minimum atomic E-state index is 1.35. The van der Waals surface area contributed by atoms with Gasteiger partial charge in [-0.2, -0.15) is 0 Å². The van der Waals surface area contributed by atoms with Gasteiger partial charge in [0.1, 0.15) is 0 Å². The summed E-state index contributed by atoms with van der Waals surface area (Å²) in [4.78, 5) is 0. The molecule has 0 nitrogen and oxygen atoms in total. The second kappa shape index (κ2) is 1.98. The predicted molar refractivity (Wildman–Crippen MR) is 43.5 cm³/mol. The molecule has 0 amide bonds. The fourth-order valence-electron chi connectivity index (χ4n) is 1.31. The van der Waals surface area contributed by atoms with Crippen molar-refractivity contribution in [3.8, 4) is 0 Å². The van der Waals surface area contributed by atoms with Crippen LogP contribution >= 0.6 is 0 Å². The summed E-state index contributed by atoms with van der Waals surface area (Å²) in [5.41, 5.74) is 2.72. The van der Waals surface area contributed by atoms with Crippen LogP contribution in [0.5, 0.6) is 0 Å². The van der Waals surface area contributed by atoms with Crippen molar-refractivity contribution in [1.29, 1.82) is 0 Å². The van der Waals surface area contributed by atoms with E-state index in [1.807, 2.05) is 0 Å². The molecule has 0 aromatic heterocycles. The largest absolute Gasteiger partial charge is 0.0724 e. The third kappa shape index (κ3) is 0.688. The van der Waals surface area contributed by atoms with Gasteiger partial charge < -0.3 is 0 Å². The molecule has 0 saturated heterocycles. The van der Waals surface area contributed by atoms with Crippen LogP contribution in [0.1, 0.15) is 18.1 Å². The van der Waals surface area contributed by atoms with Gasteiger partial charge in [-0.3, -0.25) is 0 Å². The van der Waals surface area contributed by atoms with Crippen LogP contribution in [0.3, 0.4) is 0 Å². The molecule has 1 aromatic carbocycles. The van der Waals surface area contributed by atoms with Crippen molar-refractivity contribution in [3.05, 3.63) is 47.4 Å². The zero-order valence-electron chi connectivity index (χ0n) is 5.96. The minimum absolute atomic E-state index is 1.35. The molecule has 0 N–H and O–H groups in total. The van der Waals surface area contributed by atoms with Crippen molar-refractivity contribution in [2.75, 3.05) is 0 Å². The van der Waals surface area contributed by atoms with E-state index in [9.17, 15) is 0 Å². The average molecular weight is 129 g/mol. The lowest BCUT2D eigenvalue weighted by Gasteiger charge is -2.00. The van der Waals surface area contributed by atoms with Crippen molar-refractivity contribution in [3.63, 3.8) is 0 Å². The summed E-state index contributed by atoms with van der Waals surface area (Å²) in [5, 5.41) is 0. The van der Waals surface area contributed by atoms with Gasteiger partial charge in [-0.1, -0.05) is 43.3 Å². The quantitative estimate of drug-likeness (QED) is 0.505. The minimum Gasteiger partial charge on any atom is -0.0724 e. The molecule has 0 heteroatoms. The molecule has 0 spiro atoms. The molecule has 0 saturated carbocycles. The standard InChI is InChI=1S/C10H9/c1-8-6-7-9-4-2-3-5-10(8)9/h2-7H,1H3. The van der Waals surface area contributed by atoms with Crippen LogP contribution < -0.4 is 0 Å². The summed E-state index contributed by atoms with van der Waals surface area (Å²) < 4.78 is 0. The third-order valence-electron chi connectivity index (χ3n) is 1.90. The highest BCUT2D eigenvalue weighted by molar-refractivity contribution is 5.67. The summed E-state index contributed by atoms with van der Waals surface area (Å²) in [7, 11) is 0. The first-order valence-corrected chi connectivity index (χ1v) is 3.49. The lowest BCUT2D eigenvalue weighted by atomic mass is 10.0. The topological polar surface area (TPSA) is 0 Å². The first kappa shape index (κ1) is 5.72. The van der Waals surface area contributed by atoms with Crippen molar-refractivity contribution in [2.45, 2.75) is 6.92 Å². The second-order valence-corrected chi connectivity index (χ2v) is 2.60. The van der Waals surface area contributed by atoms with Crippen molar-refractivity contribution < 1.29 is 0 Å². The molecule has 1 aliphatic rings. The zero-order chi connectivity index (χ0) is 6.97. The summed E-state index contributed by atoms with van der Waals surface area (Å²) in [5.74, 6) is 1.37. The third-order valence-corrected chi connectivity index (χ3v) is 1.90. The monoisotopic (exact) mass is 129 g/mol. The lowest BCUT2D eigenvalue weighted by molar-refractivity contribution is 1.28. The predicted octanol–water partition coefficient (Wildman–Crippen LogP) is 2.66. The molecule has 0 heterocycles. The van der Waals surface area contributed by atoms with E-state index in [0.717, 1.165) is 0 Å². The van der Waals surface area contributed by atoms with Gasteiger partial charge in [-0.25, -0.2) is 0 Å².